The van der Waals surface area contributed by atoms with Crippen LogP contribution in [0.25, 0.3) is 27.8 Å². The maximum Gasteiger partial charge on any atom is 0.260 e. The summed E-state index contributed by atoms with van der Waals surface area (Å²) in [6, 6.07) is 15.4. The Bertz CT molecular complexity index is 2510. The summed E-state index contributed by atoms with van der Waals surface area (Å²) in [6.45, 7) is 20.0. The number of hydrogen-bond acceptors (Lipinski definition) is 9. The van der Waals surface area contributed by atoms with E-state index in [-0.39, 0.29) is 11.8 Å². The average molecular weight is 915 g/mol. The zero-order valence-electron chi connectivity index (χ0n) is 38.6. The van der Waals surface area contributed by atoms with Crippen LogP contribution in [0, 0.1) is 0 Å². The second-order valence-corrected chi connectivity index (χ2v) is 15.9. The number of allylic oxidation sites excluding steroid dienone is 4. The molecular weight excluding hydrogens is 854 g/mol. The summed E-state index contributed by atoms with van der Waals surface area (Å²) in [4.78, 5) is 48.2. The highest BCUT2D eigenvalue weighted by Crippen LogP contribution is 2.35. The van der Waals surface area contributed by atoms with Crippen molar-refractivity contribution >= 4 is 69.6 Å². The van der Waals surface area contributed by atoms with Crippen LogP contribution in [0.15, 0.2) is 142 Å². The lowest BCUT2D eigenvalue weighted by Crippen LogP contribution is -2.41. The van der Waals surface area contributed by atoms with Crippen molar-refractivity contribution in [3.8, 4) is 11.1 Å². The molecule has 11 nitrogen and oxygen atoms in total. The number of amides is 2. The van der Waals surface area contributed by atoms with Crippen LogP contribution >= 0.6 is 23.2 Å². The molecule has 3 aliphatic heterocycles. The van der Waals surface area contributed by atoms with E-state index in [0.717, 1.165) is 83.7 Å². The van der Waals surface area contributed by atoms with Crippen molar-refractivity contribution in [1.29, 1.82) is 0 Å². The van der Waals surface area contributed by atoms with Gasteiger partial charge in [0.1, 0.15) is 23.3 Å². The number of nitrogens with one attached hydrogen (secondary N) is 3. The standard InChI is InChI=1S/C27H33ClN4O.C25H28ClN5O/c1-5-9-15-30-25(7-3)31-26-19(6-2)16-23(27(33)32(26)8-4)22-13-12-20(17-24(22)28)21-11-10-14-29-18-21;1-5-18-14-22(21-10-9-19(15-23(21)26)20-8-7-11-28-16-20)25(32)31(6-2)24(18)30-17(3)29-13-12-27-4/h6-7,11-13,16-18,30H,5,8-10,14-15H2,1-4H3;5,7-11,14-16,27,29H,3,6,12-13H2,1-2,4H3/b19-6-,25-7-,31-26+;18-5-,30-24+. The molecule has 0 bridgehead atoms. The zero-order valence-corrected chi connectivity index (χ0v) is 40.2. The Morgan fingerprint density at radius 3 is 1.92 bits per heavy atom. The minimum Gasteiger partial charge on any atom is -0.370 e. The number of hydrogen-bond donors (Lipinski definition) is 3. The van der Waals surface area contributed by atoms with Crippen LogP contribution in [0.2, 0.25) is 10.0 Å². The Labute approximate surface area is 394 Å². The third-order valence-corrected chi connectivity index (χ3v) is 11.4. The maximum absolute atomic E-state index is 13.5. The molecule has 340 valence electrons. The molecule has 13 heteroatoms. The van der Waals surface area contributed by atoms with Crippen molar-refractivity contribution in [3.63, 3.8) is 0 Å². The zero-order chi connectivity index (χ0) is 46.9. The summed E-state index contributed by atoms with van der Waals surface area (Å²) in [5.41, 5.74) is 8.24. The van der Waals surface area contributed by atoms with Gasteiger partial charge in [0.05, 0.1) is 0 Å². The van der Waals surface area contributed by atoms with Crippen molar-refractivity contribution in [2.45, 2.75) is 60.8 Å². The number of carbonyl (C=O) groups excluding carboxylic acids is 2. The number of unbranched alkanes of at least 4 members (excludes halogenated alkanes) is 1. The van der Waals surface area contributed by atoms with Crippen LogP contribution in [0.5, 0.6) is 0 Å². The second kappa shape index (κ2) is 24.8. The first-order chi connectivity index (χ1) is 31.5. The molecule has 1 aromatic heterocycles. The van der Waals surface area contributed by atoms with Gasteiger partial charge in [0.2, 0.25) is 0 Å². The molecule has 0 spiro atoms. The van der Waals surface area contributed by atoms with Gasteiger partial charge in [-0.15, -0.1) is 0 Å². The maximum atomic E-state index is 13.5. The molecule has 0 saturated heterocycles. The summed E-state index contributed by atoms with van der Waals surface area (Å²) >= 11 is 13.3. The first-order valence-corrected chi connectivity index (χ1v) is 23.0. The molecule has 0 fully saturated rings. The van der Waals surface area contributed by atoms with Crippen LogP contribution in [0.4, 0.5) is 0 Å². The number of rotatable bonds is 16. The lowest BCUT2D eigenvalue weighted by atomic mass is 9.94. The predicted octanol–water partition coefficient (Wildman–Crippen LogP) is 10.3. The van der Waals surface area contributed by atoms with Crippen molar-refractivity contribution in [1.82, 2.24) is 30.7 Å². The van der Waals surface area contributed by atoms with Crippen molar-refractivity contribution in [2.75, 3.05) is 46.3 Å². The fraction of sp³-hybridized carbons (Fsp3) is 0.308. The minimum atomic E-state index is -0.143. The van der Waals surface area contributed by atoms with Gasteiger partial charge in [-0.2, -0.15) is 0 Å². The van der Waals surface area contributed by atoms with Gasteiger partial charge in [0.25, 0.3) is 11.8 Å². The number of nitrogens with zero attached hydrogens (tertiary/aromatic N) is 6. The van der Waals surface area contributed by atoms with Crippen molar-refractivity contribution in [3.05, 3.63) is 153 Å². The number of benzene rings is 2. The van der Waals surface area contributed by atoms with Crippen LogP contribution in [-0.4, -0.2) is 90.8 Å². The van der Waals surface area contributed by atoms with E-state index in [1.807, 2.05) is 127 Å². The van der Waals surface area contributed by atoms with Gasteiger partial charge >= 0.3 is 0 Å². The Hall–Kier alpha value is -6.14. The Kier molecular flexibility index (Phi) is 19.0. The summed E-state index contributed by atoms with van der Waals surface area (Å²) in [7, 11) is 1.88. The van der Waals surface area contributed by atoms with Gasteiger partial charge in [-0.1, -0.05) is 91.7 Å². The Morgan fingerprint density at radius 2 is 1.42 bits per heavy atom. The van der Waals surface area contributed by atoms with Crippen LogP contribution in [-0.2, 0) is 9.59 Å². The SMILES string of the molecule is C=C(/N=C1\C(=C/C)C=C(c2ccc(-c3cccnc3)cc2Cl)C(=O)N1CC)NCCNC.C\C=C(/N=C1\C(=C/C)C=C(c2ccc(C3=CCCN=C3)cc2Cl)C(=O)N1CC)NCCCC. The molecule has 0 radical (unpaired) electrons. The molecule has 0 unspecified atom stereocenters. The number of amidine groups is 2. The lowest BCUT2D eigenvalue weighted by Gasteiger charge is -2.30. The first-order valence-electron chi connectivity index (χ1n) is 22.3. The topological polar surface area (TPSA) is 127 Å². The molecule has 0 aliphatic carbocycles. The van der Waals surface area contributed by atoms with E-state index >= 15 is 0 Å². The van der Waals surface area contributed by atoms with Gasteiger partial charge < -0.3 is 16.0 Å². The number of pyridine rings is 1. The summed E-state index contributed by atoms with van der Waals surface area (Å²) < 4.78 is 0. The number of carbonyl (C=O) groups is 2. The first kappa shape index (κ1) is 49.9. The minimum absolute atomic E-state index is 0.0982. The van der Waals surface area contributed by atoms with Crippen LogP contribution in [0.1, 0.15) is 77.5 Å². The van der Waals surface area contributed by atoms with E-state index < -0.39 is 0 Å². The number of aliphatic imine (C=N–C) groups is 3. The van der Waals surface area contributed by atoms with Crippen molar-refractivity contribution < 1.29 is 9.59 Å². The van der Waals surface area contributed by atoms with E-state index in [1.54, 1.807) is 22.2 Å². The van der Waals surface area contributed by atoms with E-state index in [2.05, 4.69) is 50.5 Å². The fourth-order valence-corrected chi connectivity index (χ4v) is 7.85. The number of halogens is 2. The van der Waals surface area contributed by atoms with E-state index in [1.165, 1.54) is 0 Å². The van der Waals surface area contributed by atoms with Gasteiger partial charge in [-0.3, -0.25) is 29.4 Å². The quantitative estimate of drug-likeness (QED) is 0.123. The molecule has 6 rings (SSSR count). The number of likely N-dealkylation sites (N-methyl/N-ethyl adjacent to an activating group) is 3. The molecule has 4 heterocycles. The predicted molar refractivity (Wildman–Crippen MR) is 273 cm³/mol. The summed E-state index contributed by atoms with van der Waals surface area (Å²) in [5, 5.41) is 10.6. The fourth-order valence-electron chi connectivity index (χ4n) is 7.28. The highest BCUT2D eigenvalue weighted by molar-refractivity contribution is 6.39. The molecule has 2 amide bonds. The molecule has 3 N–H and O–H groups in total. The summed E-state index contributed by atoms with van der Waals surface area (Å²) in [5.74, 6) is 2.27. The Morgan fingerprint density at radius 1 is 0.800 bits per heavy atom. The molecule has 0 saturated carbocycles. The number of dihydropyridines is 1. The largest absolute Gasteiger partial charge is 0.370 e. The number of aromatic nitrogens is 1. The molecular formula is C52H61Cl2N9O2. The van der Waals surface area contributed by atoms with Gasteiger partial charge in [-0.05, 0) is 108 Å². The highest BCUT2D eigenvalue weighted by atomic mass is 35.5. The van der Waals surface area contributed by atoms with E-state index in [0.29, 0.717) is 63.9 Å². The smallest absolute Gasteiger partial charge is 0.260 e. The second-order valence-electron chi connectivity index (χ2n) is 15.1. The molecule has 0 atom stereocenters. The third kappa shape index (κ3) is 12.6. The van der Waals surface area contributed by atoms with Crippen molar-refractivity contribution in [2.24, 2.45) is 15.0 Å². The molecule has 3 aliphatic rings. The molecule has 65 heavy (non-hydrogen) atoms. The lowest BCUT2D eigenvalue weighted by molar-refractivity contribution is -0.122. The summed E-state index contributed by atoms with van der Waals surface area (Å²) in [6.07, 6.45) is 20.3. The third-order valence-electron chi connectivity index (χ3n) is 10.8. The van der Waals surface area contributed by atoms with E-state index in [9.17, 15) is 9.59 Å². The molecule has 2 aromatic carbocycles. The molecule has 3 aromatic rings. The van der Waals surface area contributed by atoms with E-state index in [4.69, 9.17) is 28.2 Å². The van der Waals surface area contributed by atoms with Gasteiger partial charge in [-0.25, -0.2) is 9.98 Å². The average Bonchev–Trinajstić information content (AvgIpc) is 3.32. The van der Waals surface area contributed by atoms with Crippen LogP contribution < -0.4 is 16.0 Å². The Balaban J connectivity index is 0.000000244. The highest BCUT2D eigenvalue weighted by Gasteiger charge is 2.32. The van der Waals surface area contributed by atoms with Gasteiger partial charge in [0.15, 0.2) is 0 Å². The van der Waals surface area contributed by atoms with Crippen LogP contribution in [0.3, 0.4) is 0 Å². The monoisotopic (exact) mass is 913 g/mol. The van der Waals surface area contributed by atoms with Gasteiger partial charge in [0, 0.05) is 107 Å². The normalized spacial score (nSPS) is 17.9.